The van der Waals surface area contributed by atoms with Crippen LogP contribution in [-0.4, -0.2) is 43.5 Å². The molecule has 0 saturated carbocycles. The van der Waals surface area contributed by atoms with E-state index in [9.17, 15) is 9.18 Å². The molecule has 0 amide bonds. The molecule has 1 aromatic rings. The first-order valence-electron chi connectivity index (χ1n) is 5.63. The van der Waals surface area contributed by atoms with E-state index in [4.69, 9.17) is 14.6 Å². The fourth-order valence-electron chi connectivity index (χ4n) is 1.73. The minimum Gasteiger partial charge on any atom is -0.478 e. The van der Waals surface area contributed by atoms with Crippen LogP contribution in [0, 0.1) is 5.82 Å². The lowest BCUT2D eigenvalue weighted by Crippen LogP contribution is -2.34. The van der Waals surface area contributed by atoms with Gasteiger partial charge in [0.05, 0.1) is 31.5 Å². The summed E-state index contributed by atoms with van der Waals surface area (Å²) in [7, 11) is 0. The van der Waals surface area contributed by atoms with Gasteiger partial charge >= 0.3 is 5.97 Å². The summed E-state index contributed by atoms with van der Waals surface area (Å²) in [6.45, 7) is 2.00. The standard InChI is InChI=1S/C12H14FNO4/c13-8-1-2-11(10(5-8)12(15)16)14-6-9-7-17-3-4-18-9/h1-2,5,9,14H,3-4,6-7H2,(H,15,16). The Balaban J connectivity index is 2.01. The summed E-state index contributed by atoms with van der Waals surface area (Å²) in [6, 6.07) is 3.61. The van der Waals surface area contributed by atoms with Crippen LogP contribution in [0.25, 0.3) is 0 Å². The van der Waals surface area contributed by atoms with Gasteiger partial charge in [0.1, 0.15) is 5.82 Å². The van der Waals surface area contributed by atoms with E-state index >= 15 is 0 Å². The van der Waals surface area contributed by atoms with Crippen molar-refractivity contribution >= 4 is 11.7 Å². The average Bonchev–Trinajstić information content (AvgIpc) is 2.38. The molecule has 0 aliphatic carbocycles. The Morgan fingerprint density at radius 2 is 2.33 bits per heavy atom. The number of carboxylic acid groups (broad SMARTS) is 1. The molecule has 1 atom stereocenters. The number of aromatic carboxylic acids is 1. The van der Waals surface area contributed by atoms with Crippen molar-refractivity contribution in [3.63, 3.8) is 0 Å². The molecule has 98 valence electrons. The summed E-state index contributed by atoms with van der Waals surface area (Å²) in [5.41, 5.74) is 0.282. The van der Waals surface area contributed by atoms with Crippen LogP contribution in [0.5, 0.6) is 0 Å². The van der Waals surface area contributed by atoms with Crippen molar-refractivity contribution in [2.24, 2.45) is 0 Å². The van der Waals surface area contributed by atoms with Gasteiger partial charge in [0.2, 0.25) is 0 Å². The number of hydrogen-bond acceptors (Lipinski definition) is 4. The minimum atomic E-state index is -1.17. The second-order valence-electron chi connectivity index (χ2n) is 3.94. The van der Waals surface area contributed by atoms with Gasteiger partial charge in [-0.05, 0) is 18.2 Å². The predicted molar refractivity (Wildman–Crippen MR) is 62.4 cm³/mol. The van der Waals surface area contributed by atoms with Crippen LogP contribution < -0.4 is 5.32 Å². The summed E-state index contributed by atoms with van der Waals surface area (Å²) in [4.78, 5) is 11.0. The highest BCUT2D eigenvalue weighted by molar-refractivity contribution is 5.94. The number of hydrogen-bond donors (Lipinski definition) is 2. The summed E-state index contributed by atoms with van der Waals surface area (Å²) < 4.78 is 23.6. The summed E-state index contributed by atoms with van der Waals surface area (Å²) in [5, 5.41) is 11.9. The maximum absolute atomic E-state index is 13.0. The first-order chi connectivity index (χ1) is 8.66. The van der Waals surface area contributed by atoms with Crippen LogP contribution in [0.15, 0.2) is 18.2 Å². The van der Waals surface area contributed by atoms with Gasteiger partial charge < -0.3 is 19.9 Å². The zero-order valence-electron chi connectivity index (χ0n) is 9.69. The molecule has 1 aliphatic heterocycles. The minimum absolute atomic E-state index is 0.0910. The van der Waals surface area contributed by atoms with Crippen LogP contribution >= 0.6 is 0 Å². The fraction of sp³-hybridized carbons (Fsp3) is 0.417. The molecule has 2 rings (SSSR count). The number of ether oxygens (including phenoxy) is 2. The summed E-state index contributed by atoms with van der Waals surface area (Å²) >= 11 is 0. The van der Waals surface area contributed by atoms with Crippen LogP contribution in [0.4, 0.5) is 10.1 Å². The Morgan fingerprint density at radius 1 is 1.50 bits per heavy atom. The van der Waals surface area contributed by atoms with E-state index in [-0.39, 0.29) is 11.7 Å². The second-order valence-corrected chi connectivity index (χ2v) is 3.94. The Morgan fingerprint density at radius 3 is 3.00 bits per heavy atom. The number of carbonyl (C=O) groups is 1. The fourth-order valence-corrected chi connectivity index (χ4v) is 1.73. The molecule has 18 heavy (non-hydrogen) atoms. The van der Waals surface area contributed by atoms with Gasteiger partial charge in [-0.25, -0.2) is 9.18 Å². The molecule has 0 radical (unpaired) electrons. The molecule has 0 aromatic heterocycles. The molecule has 5 nitrogen and oxygen atoms in total. The van der Waals surface area contributed by atoms with Crippen molar-refractivity contribution < 1.29 is 23.8 Å². The zero-order valence-corrected chi connectivity index (χ0v) is 9.69. The van der Waals surface area contributed by atoms with E-state index in [1.54, 1.807) is 0 Å². The van der Waals surface area contributed by atoms with Crippen molar-refractivity contribution in [1.29, 1.82) is 0 Å². The molecule has 1 aliphatic rings. The van der Waals surface area contributed by atoms with Crippen molar-refractivity contribution in [3.8, 4) is 0 Å². The quantitative estimate of drug-likeness (QED) is 0.850. The Kier molecular flexibility index (Phi) is 4.11. The van der Waals surface area contributed by atoms with Crippen molar-refractivity contribution in [2.75, 3.05) is 31.7 Å². The molecular formula is C12H14FNO4. The third-order valence-corrected chi connectivity index (χ3v) is 2.62. The molecule has 1 fully saturated rings. The van der Waals surface area contributed by atoms with Crippen molar-refractivity contribution in [1.82, 2.24) is 0 Å². The average molecular weight is 255 g/mol. The molecule has 0 bridgehead atoms. The van der Waals surface area contributed by atoms with E-state index in [1.807, 2.05) is 0 Å². The van der Waals surface area contributed by atoms with Gasteiger partial charge in [0.25, 0.3) is 0 Å². The SMILES string of the molecule is O=C(O)c1cc(F)ccc1NCC1COCCO1. The van der Waals surface area contributed by atoms with E-state index in [0.717, 1.165) is 6.07 Å². The summed E-state index contributed by atoms with van der Waals surface area (Å²) in [6.07, 6.45) is -0.120. The number of nitrogens with one attached hydrogen (secondary N) is 1. The maximum Gasteiger partial charge on any atom is 0.337 e. The largest absolute Gasteiger partial charge is 0.478 e. The maximum atomic E-state index is 13.0. The van der Waals surface area contributed by atoms with Gasteiger partial charge in [0.15, 0.2) is 0 Å². The molecule has 6 heteroatoms. The number of benzene rings is 1. The molecule has 0 spiro atoms. The van der Waals surface area contributed by atoms with E-state index in [1.165, 1.54) is 12.1 Å². The van der Waals surface area contributed by atoms with E-state index < -0.39 is 11.8 Å². The first-order valence-corrected chi connectivity index (χ1v) is 5.63. The number of rotatable bonds is 4. The van der Waals surface area contributed by atoms with Crippen molar-refractivity contribution in [3.05, 3.63) is 29.6 Å². The van der Waals surface area contributed by atoms with Gasteiger partial charge in [-0.15, -0.1) is 0 Å². The van der Waals surface area contributed by atoms with E-state index in [0.29, 0.717) is 32.1 Å². The third-order valence-electron chi connectivity index (χ3n) is 2.62. The van der Waals surface area contributed by atoms with Gasteiger partial charge in [-0.3, -0.25) is 0 Å². The topological polar surface area (TPSA) is 67.8 Å². The molecule has 1 unspecified atom stereocenters. The van der Waals surface area contributed by atoms with Crippen molar-refractivity contribution in [2.45, 2.75) is 6.10 Å². The number of halogens is 1. The predicted octanol–water partition coefficient (Wildman–Crippen LogP) is 1.35. The zero-order chi connectivity index (χ0) is 13.0. The normalized spacial score (nSPS) is 19.5. The third kappa shape index (κ3) is 3.18. The lowest BCUT2D eigenvalue weighted by Gasteiger charge is -2.23. The van der Waals surface area contributed by atoms with Crippen LogP contribution in [0.2, 0.25) is 0 Å². The van der Waals surface area contributed by atoms with E-state index in [2.05, 4.69) is 5.32 Å². The Hall–Kier alpha value is -1.66. The van der Waals surface area contributed by atoms with Crippen LogP contribution in [-0.2, 0) is 9.47 Å². The van der Waals surface area contributed by atoms with Crippen LogP contribution in [0.1, 0.15) is 10.4 Å². The lowest BCUT2D eigenvalue weighted by atomic mass is 10.1. The lowest BCUT2D eigenvalue weighted by molar-refractivity contribution is -0.0818. The summed E-state index contributed by atoms with van der Waals surface area (Å²) in [5.74, 6) is -1.74. The highest BCUT2D eigenvalue weighted by Crippen LogP contribution is 2.17. The Bertz CT molecular complexity index is 432. The smallest absolute Gasteiger partial charge is 0.337 e. The molecule has 1 saturated heterocycles. The molecule has 2 N–H and O–H groups in total. The number of anilines is 1. The molecular weight excluding hydrogens is 241 g/mol. The molecule has 1 heterocycles. The monoisotopic (exact) mass is 255 g/mol. The van der Waals surface area contributed by atoms with Gasteiger partial charge in [-0.1, -0.05) is 0 Å². The number of carboxylic acids is 1. The van der Waals surface area contributed by atoms with Crippen LogP contribution in [0.3, 0.4) is 0 Å². The molecule has 1 aromatic carbocycles. The highest BCUT2D eigenvalue weighted by atomic mass is 19.1. The first kappa shape index (κ1) is 12.8. The second kappa shape index (κ2) is 5.79. The highest BCUT2D eigenvalue weighted by Gasteiger charge is 2.16. The Labute approximate surface area is 104 Å². The van der Waals surface area contributed by atoms with Gasteiger partial charge in [-0.2, -0.15) is 0 Å². The van der Waals surface area contributed by atoms with Gasteiger partial charge in [0, 0.05) is 12.2 Å².